The molecule has 260 valence electrons. The predicted octanol–water partition coefficient (Wildman–Crippen LogP) is 14.4. The Morgan fingerprint density at radius 2 is 0.964 bits per heavy atom. The minimum atomic E-state index is 0.891. The molecule has 0 aliphatic carbocycles. The summed E-state index contributed by atoms with van der Waals surface area (Å²) < 4.78 is 13.0. The van der Waals surface area contributed by atoms with Crippen molar-refractivity contribution in [2.75, 3.05) is 0 Å². The van der Waals surface area contributed by atoms with Crippen molar-refractivity contribution in [2.45, 2.75) is 0 Å². The van der Waals surface area contributed by atoms with E-state index in [2.05, 4.69) is 164 Å². The smallest absolute Gasteiger partial charge is 0.143 e. The Morgan fingerprint density at radius 3 is 1.84 bits per heavy atom. The largest absolute Gasteiger partial charge is 0.455 e. The van der Waals surface area contributed by atoms with Gasteiger partial charge in [-0.05, 0) is 74.8 Å². The summed E-state index contributed by atoms with van der Waals surface area (Å²) in [5.74, 6) is 0. The second-order valence-electron chi connectivity index (χ2n) is 14.5. The zero-order chi connectivity index (χ0) is 36.7. The highest BCUT2D eigenvalue weighted by Crippen LogP contribution is 2.41. The lowest BCUT2D eigenvalue weighted by Gasteiger charge is -2.11. The number of hydrogen-bond acceptors (Lipinski definition) is 4. The summed E-state index contributed by atoms with van der Waals surface area (Å²) in [6.07, 6.45) is 1.69. The average molecular weight is 715 g/mol. The van der Waals surface area contributed by atoms with Crippen molar-refractivity contribution in [3.05, 3.63) is 182 Å². The molecule has 56 heavy (non-hydrogen) atoms. The molecular formula is C52H30N2O2. The second kappa shape index (κ2) is 12.0. The van der Waals surface area contributed by atoms with Crippen LogP contribution >= 0.6 is 0 Å². The molecule has 0 N–H and O–H groups in total. The highest BCUT2D eigenvalue weighted by Gasteiger charge is 2.17. The summed E-state index contributed by atoms with van der Waals surface area (Å²) in [5, 5.41) is 10.2. The van der Waals surface area contributed by atoms with Crippen LogP contribution in [0.5, 0.6) is 0 Å². The molecular weight excluding hydrogens is 685 g/mol. The third kappa shape index (κ3) is 4.66. The van der Waals surface area contributed by atoms with E-state index in [9.17, 15) is 0 Å². The summed E-state index contributed by atoms with van der Waals surface area (Å²) in [4.78, 5) is 9.68. The van der Waals surface area contributed by atoms with E-state index in [1.165, 1.54) is 10.8 Å². The van der Waals surface area contributed by atoms with Crippen LogP contribution in [-0.4, -0.2) is 9.97 Å². The van der Waals surface area contributed by atoms with Gasteiger partial charge in [-0.2, -0.15) is 0 Å². The lowest BCUT2D eigenvalue weighted by molar-refractivity contribution is 0.670. The first-order valence-corrected chi connectivity index (χ1v) is 18.9. The summed E-state index contributed by atoms with van der Waals surface area (Å²) >= 11 is 0. The first-order chi connectivity index (χ1) is 27.7. The molecule has 4 nitrogen and oxygen atoms in total. The summed E-state index contributed by atoms with van der Waals surface area (Å²) in [6.45, 7) is 0. The molecule has 3 heterocycles. The molecule has 12 rings (SSSR count). The highest BCUT2D eigenvalue weighted by atomic mass is 16.3. The summed E-state index contributed by atoms with van der Waals surface area (Å²) in [7, 11) is 0. The lowest BCUT2D eigenvalue weighted by Crippen LogP contribution is -1.91. The van der Waals surface area contributed by atoms with E-state index in [1.54, 1.807) is 6.33 Å². The number of furan rings is 2. The minimum Gasteiger partial charge on any atom is -0.455 e. The van der Waals surface area contributed by atoms with E-state index in [-0.39, 0.29) is 0 Å². The Labute approximate surface area is 320 Å². The molecule has 0 aliphatic heterocycles. The quantitative estimate of drug-likeness (QED) is 0.170. The molecule has 0 bridgehead atoms. The summed E-state index contributed by atoms with van der Waals surface area (Å²) in [6, 6.07) is 62.1. The standard InChI is InChI=1S/C52H30N2O2/c1-2-14-38-31(9-1)23-26-47-48(38)44-19-8-17-41(52(44)56-47)35-12-6-13-37(29-35)49-45-25-22-36-28-33(21-24-39(36)50(45)54-30-53-49)32-10-5-11-34(27-32)40-16-7-18-43-42-15-3-4-20-46(42)55-51(40)43/h1-30H. The summed E-state index contributed by atoms with van der Waals surface area (Å²) in [5.41, 5.74) is 13.1. The number of nitrogens with zero attached hydrogens (tertiary/aromatic N) is 2. The van der Waals surface area contributed by atoms with Crippen molar-refractivity contribution >= 4 is 76.3 Å². The van der Waals surface area contributed by atoms with Gasteiger partial charge in [0.25, 0.3) is 0 Å². The third-order valence-electron chi connectivity index (χ3n) is 11.4. The first kappa shape index (κ1) is 30.9. The molecule has 0 amide bonds. The van der Waals surface area contributed by atoms with Gasteiger partial charge in [-0.1, -0.05) is 140 Å². The Kier molecular flexibility index (Phi) is 6.60. The van der Waals surface area contributed by atoms with E-state index >= 15 is 0 Å². The van der Waals surface area contributed by atoms with Gasteiger partial charge in [0.05, 0.1) is 11.2 Å². The van der Waals surface area contributed by atoms with Crippen molar-refractivity contribution in [3.63, 3.8) is 0 Å². The SMILES string of the molecule is c1cc(-c2ccc3c(ccc4c(-c5cccc(-c6cccc7c6oc6ccc8ccccc8c67)c5)ncnc43)c2)cc(-c2cccc3c2oc2ccccc23)c1. The fourth-order valence-electron chi connectivity index (χ4n) is 8.74. The molecule has 0 saturated heterocycles. The van der Waals surface area contributed by atoms with Crippen LogP contribution in [-0.2, 0) is 0 Å². The van der Waals surface area contributed by atoms with E-state index < -0.39 is 0 Å². The lowest BCUT2D eigenvalue weighted by atomic mass is 9.95. The molecule has 4 heteroatoms. The van der Waals surface area contributed by atoms with Crippen molar-refractivity contribution in [1.29, 1.82) is 0 Å². The van der Waals surface area contributed by atoms with Crippen LogP contribution in [0.3, 0.4) is 0 Å². The molecule has 0 atom stereocenters. The van der Waals surface area contributed by atoms with Gasteiger partial charge < -0.3 is 8.83 Å². The van der Waals surface area contributed by atoms with Gasteiger partial charge in [0.15, 0.2) is 0 Å². The number of hydrogen-bond donors (Lipinski definition) is 0. The van der Waals surface area contributed by atoms with Gasteiger partial charge in [0.2, 0.25) is 0 Å². The Morgan fingerprint density at radius 1 is 0.339 bits per heavy atom. The van der Waals surface area contributed by atoms with Crippen LogP contribution in [0.2, 0.25) is 0 Å². The normalized spacial score (nSPS) is 11.9. The van der Waals surface area contributed by atoms with E-state index in [1.807, 2.05) is 12.1 Å². The molecule has 12 aromatic rings. The topological polar surface area (TPSA) is 52.1 Å². The zero-order valence-corrected chi connectivity index (χ0v) is 30.0. The van der Waals surface area contributed by atoms with Crippen LogP contribution in [0.15, 0.2) is 191 Å². The second-order valence-corrected chi connectivity index (χ2v) is 14.5. The maximum absolute atomic E-state index is 6.58. The highest BCUT2D eigenvalue weighted by molar-refractivity contribution is 6.21. The number of rotatable bonds is 4. The number of fused-ring (bicyclic) bond motifs is 11. The van der Waals surface area contributed by atoms with Crippen molar-refractivity contribution in [2.24, 2.45) is 0 Å². The van der Waals surface area contributed by atoms with Crippen LogP contribution in [0.4, 0.5) is 0 Å². The minimum absolute atomic E-state index is 0.891. The Hall–Kier alpha value is -7.56. The van der Waals surface area contributed by atoms with Crippen molar-refractivity contribution in [1.82, 2.24) is 9.97 Å². The molecule has 9 aromatic carbocycles. The van der Waals surface area contributed by atoms with Gasteiger partial charge in [-0.3, -0.25) is 0 Å². The molecule has 3 aromatic heterocycles. The van der Waals surface area contributed by atoms with Gasteiger partial charge >= 0.3 is 0 Å². The Bertz CT molecular complexity index is 3560. The van der Waals surface area contributed by atoms with Gasteiger partial charge in [0.1, 0.15) is 28.7 Å². The Balaban J connectivity index is 0.930. The van der Waals surface area contributed by atoms with Crippen LogP contribution in [0.25, 0.3) is 121 Å². The molecule has 0 fully saturated rings. The number of para-hydroxylation sites is 3. The van der Waals surface area contributed by atoms with Gasteiger partial charge in [0, 0.05) is 49.0 Å². The van der Waals surface area contributed by atoms with Gasteiger partial charge in [-0.15, -0.1) is 0 Å². The monoisotopic (exact) mass is 714 g/mol. The van der Waals surface area contributed by atoms with E-state index in [0.717, 1.165) is 110 Å². The third-order valence-corrected chi connectivity index (χ3v) is 11.4. The maximum atomic E-state index is 6.58. The molecule has 0 spiro atoms. The van der Waals surface area contributed by atoms with Crippen molar-refractivity contribution < 1.29 is 8.83 Å². The molecule has 0 aliphatic rings. The van der Waals surface area contributed by atoms with E-state index in [0.29, 0.717) is 0 Å². The zero-order valence-electron chi connectivity index (χ0n) is 30.0. The fraction of sp³-hybridized carbons (Fsp3) is 0. The van der Waals surface area contributed by atoms with Crippen LogP contribution in [0.1, 0.15) is 0 Å². The van der Waals surface area contributed by atoms with Crippen LogP contribution in [0, 0.1) is 0 Å². The van der Waals surface area contributed by atoms with E-state index in [4.69, 9.17) is 18.8 Å². The average Bonchev–Trinajstić information content (AvgIpc) is 3.85. The fourth-order valence-corrected chi connectivity index (χ4v) is 8.74. The number of aromatic nitrogens is 2. The number of benzene rings is 9. The molecule has 0 radical (unpaired) electrons. The predicted molar refractivity (Wildman–Crippen MR) is 231 cm³/mol. The van der Waals surface area contributed by atoms with Crippen LogP contribution < -0.4 is 0 Å². The molecule has 0 unspecified atom stereocenters. The van der Waals surface area contributed by atoms with Gasteiger partial charge in [-0.25, -0.2) is 9.97 Å². The first-order valence-electron chi connectivity index (χ1n) is 18.9. The van der Waals surface area contributed by atoms with Crippen molar-refractivity contribution in [3.8, 4) is 44.6 Å². The molecule has 0 saturated carbocycles. The maximum Gasteiger partial charge on any atom is 0.143 e.